The van der Waals surface area contributed by atoms with Gasteiger partial charge in [-0.25, -0.2) is 0 Å². The lowest BCUT2D eigenvalue weighted by Crippen LogP contribution is -2.52. The van der Waals surface area contributed by atoms with Gasteiger partial charge in [-0.05, 0) is 28.6 Å². The van der Waals surface area contributed by atoms with Gasteiger partial charge in [0.25, 0.3) is 0 Å². The predicted molar refractivity (Wildman–Crippen MR) is 121 cm³/mol. The number of guanidine groups is 1. The summed E-state index contributed by atoms with van der Waals surface area (Å²) in [6.45, 7) is 9.55. The van der Waals surface area contributed by atoms with E-state index in [1.165, 1.54) is 16.1 Å². The fourth-order valence-corrected chi connectivity index (χ4v) is 4.76. The number of hydrogen-bond donors (Lipinski definition) is 1. The highest BCUT2D eigenvalue weighted by atomic mass is 32.1. The second-order valence-electron chi connectivity index (χ2n) is 7.48. The number of benzene rings is 1. The molecule has 1 N–H and O–H groups in total. The zero-order valence-corrected chi connectivity index (χ0v) is 18.0. The second-order valence-corrected chi connectivity index (χ2v) is 8.41. The molecule has 4 rings (SSSR count). The van der Waals surface area contributed by atoms with E-state index in [-0.39, 0.29) is 0 Å². The summed E-state index contributed by atoms with van der Waals surface area (Å²) in [5.41, 5.74) is 2.73. The van der Waals surface area contributed by atoms with E-state index < -0.39 is 0 Å². The second kappa shape index (κ2) is 10.1. The Labute approximate surface area is 177 Å². The Balaban J connectivity index is 1.32. The lowest BCUT2D eigenvalue weighted by atomic mass is 10.1. The molecule has 0 saturated carbocycles. The van der Waals surface area contributed by atoms with Crippen LogP contribution in [0, 0.1) is 0 Å². The number of rotatable bonds is 5. The van der Waals surface area contributed by atoms with E-state index in [1.807, 2.05) is 18.4 Å². The van der Waals surface area contributed by atoms with Crippen LogP contribution in [0.2, 0.25) is 0 Å². The van der Waals surface area contributed by atoms with Crippen molar-refractivity contribution in [3.05, 3.63) is 52.9 Å². The number of piperazine rings is 1. The standard InChI is InChI=1S/C22H31N5OS/c1-23-22(27-10-8-26(9-11-27)21-7-4-16-29-21)24-17-19-5-2-3-6-20(19)18-25-12-14-28-15-13-25/h2-7,16H,8-15,17-18H2,1H3,(H,23,24). The molecule has 2 saturated heterocycles. The third-order valence-corrected chi connectivity index (χ3v) is 6.59. The van der Waals surface area contributed by atoms with Gasteiger partial charge < -0.3 is 19.9 Å². The topological polar surface area (TPSA) is 43.3 Å². The van der Waals surface area contributed by atoms with E-state index in [0.29, 0.717) is 0 Å². The van der Waals surface area contributed by atoms with Crippen molar-refractivity contribution in [2.75, 3.05) is 64.4 Å². The molecular weight excluding hydrogens is 382 g/mol. The van der Waals surface area contributed by atoms with E-state index in [0.717, 1.165) is 71.5 Å². The monoisotopic (exact) mass is 413 g/mol. The summed E-state index contributed by atoms with van der Waals surface area (Å²) in [5.74, 6) is 0.997. The minimum absolute atomic E-state index is 0.804. The third-order valence-electron chi connectivity index (χ3n) is 5.66. The van der Waals surface area contributed by atoms with E-state index in [1.54, 1.807) is 0 Å². The van der Waals surface area contributed by atoms with Crippen molar-refractivity contribution in [1.82, 2.24) is 15.1 Å². The lowest BCUT2D eigenvalue weighted by Gasteiger charge is -2.37. The first-order chi connectivity index (χ1) is 14.3. The van der Waals surface area contributed by atoms with Crippen LogP contribution in [0.15, 0.2) is 46.8 Å². The van der Waals surface area contributed by atoms with Gasteiger partial charge in [-0.15, -0.1) is 11.3 Å². The predicted octanol–water partition coefficient (Wildman–Crippen LogP) is 2.48. The highest BCUT2D eigenvalue weighted by Gasteiger charge is 2.20. The number of anilines is 1. The number of ether oxygens (including phenoxy) is 1. The Morgan fingerprint density at radius 2 is 1.76 bits per heavy atom. The molecule has 0 radical (unpaired) electrons. The van der Waals surface area contributed by atoms with Gasteiger partial charge in [0.2, 0.25) is 0 Å². The average molecular weight is 414 g/mol. The van der Waals surface area contributed by atoms with Gasteiger partial charge in [-0.2, -0.15) is 0 Å². The number of morpholine rings is 1. The normalized spacial score (nSPS) is 18.9. The van der Waals surface area contributed by atoms with Crippen molar-refractivity contribution in [3.8, 4) is 0 Å². The van der Waals surface area contributed by atoms with Crippen molar-refractivity contribution >= 4 is 22.3 Å². The zero-order chi connectivity index (χ0) is 19.9. The molecule has 0 amide bonds. The van der Waals surface area contributed by atoms with Crippen molar-refractivity contribution in [1.29, 1.82) is 0 Å². The van der Waals surface area contributed by atoms with E-state index in [9.17, 15) is 0 Å². The molecule has 0 aliphatic carbocycles. The number of aliphatic imine (C=N–C) groups is 1. The van der Waals surface area contributed by atoms with Gasteiger partial charge in [0.15, 0.2) is 5.96 Å². The van der Waals surface area contributed by atoms with Gasteiger partial charge in [-0.3, -0.25) is 9.89 Å². The van der Waals surface area contributed by atoms with Crippen LogP contribution in [0.5, 0.6) is 0 Å². The summed E-state index contributed by atoms with van der Waals surface area (Å²) < 4.78 is 5.48. The SMILES string of the molecule is CN=C(NCc1ccccc1CN1CCOCC1)N1CCN(c2cccs2)CC1. The van der Waals surface area contributed by atoms with Gasteiger partial charge in [0.1, 0.15) is 0 Å². The Hall–Kier alpha value is -2.09. The number of hydrogen-bond acceptors (Lipinski definition) is 5. The van der Waals surface area contributed by atoms with E-state index >= 15 is 0 Å². The molecule has 2 aliphatic heterocycles. The third kappa shape index (κ3) is 5.29. The molecule has 2 aromatic rings. The highest BCUT2D eigenvalue weighted by Crippen LogP contribution is 2.22. The van der Waals surface area contributed by atoms with E-state index in [4.69, 9.17) is 4.74 Å². The van der Waals surface area contributed by atoms with Crippen LogP contribution in [-0.4, -0.2) is 75.3 Å². The lowest BCUT2D eigenvalue weighted by molar-refractivity contribution is 0.0341. The molecular formula is C22H31N5OS. The highest BCUT2D eigenvalue weighted by molar-refractivity contribution is 7.14. The fraction of sp³-hybridized carbons (Fsp3) is 0.500. The molecule has 0 unspecified atom stereocenters. The molecule has 7 heteroatoms. The molecule has 1 aromatic heterocycles. The Bertz CT molecular complexity index is 780. The quantitative estimate of drug-likeness (QED) is 0.603. The molecule has 2 aliphatic rings. The molecule has 2 fully saturated rings. The minimum Gasteiger partial charge on any atom is -0.379 e. The molecule has 0 spiro atoms. The summed E-state index contributed by atoms with van der Waals surface area (Å²) >= 11 is 1.82. The van der Waals surface area contributed by atoms with Crippen LogP contribution in [-0.2, 0) is 17.8 Å². The maximum atomic E-state index is 5.48. The number of thiophene rings is 1. The zero-order valence-electron chi connectivity index (χ0n) is 17.2. The summed E-state index contributed by atoms with van der Waals surface area (Å²) in [6.07, 6.45) is 0. The van der Waals surface area contributed by atoms with Crippen LogP contribution < -0.4 is 10.2 Å². The Morgan fingerprint density at radius 3 is 2.45 bits per heavy atom. The van der Waals surface area contributed by atoms with E-state index in [2.05, 4.69) is 66.8 Å². The first-order valence-corrected chi connectivity index (χ1v) is 11.3. The van der Waals surface area contributed by atoms with Crippen molar-refractivity contribution in [2.24, 2.45) is 4.99 Å². The molecule has 6 nitrogen and oxygen atoms in total. The first-order valence-electron chi connectivity index (χ1n) is 10.4. The van der Waals surface area contributed by atoms with Crippen molar-refractivity contribution in [3.63, 3.8) is 0 Å². The molecule has 3 heterocycles. The summed E-state index contributed by atoms with van der Waals surface area (Å²) in [7, 11) is 1.88. The Morgan fingerprint density at radius 1 is 1.00 bits per heavy atom. The maximum Gasteiger partial charge on any atom is 0.194 e. The van der Waals surface area contributed by atoms with Crippen LogP contribution in [0.1, 0.15) is 11.1 Å². The summed E-state index contributed by atoms with van der Waals surface area (Å²) in [5, 5.41) is 7.11. The minimum atomic E-state index is 0.804. The molecule has 0 bridgehead atoms. The Kier molecular flexibility index (Phi) is 7.03. The van der Waals surface area contributed by atoms with Crippen molar-refractivity contribution in [2.45, 2.75) is 13.1 Å². The molecule has 156 valence electrons. The van der Waals surface area contributed by atoms with Crippen LogP contribution in [0.25, 0.3) is 0 Å². The summed E-state index contributed by atoms with van der Waals surface area (Å²) in [4.78, 5) is 11.9. The number of nitrogens with zero attached hydrogens (tertiary/aromatic N) is 4. The molecule has 0 atom stereocenters. The fourth-order valence-electron chi connectivity index (χ4n) is 3.98. The van der Waals surface area contributed by atoms with Crippen LogP contribution in [0.4, 0.5) is 5.00 Å². The maximum absolute atomic E-state index is 5.48. The van der Waals surface area contributed by atoms with Crippen molar-refractivity contribution < 1.29 is 4.74 Å². The van der Waals surface area contributed by atoms with Gasteiger partial charge >= 0.3 is 0 Å². The first kappa shape index (κ1) is 20.2. The van der Waals surface area contributed by atoms with Gasteiger partial charge in [0.05, 0.1) is 18.2 Å². The average Bonchev–Trinajstić information content (AvgIpc) is 3.31. The molecule has 29 heavy (non-hydrogen) atoms. The molecule has 1 aromatic carbocycles. The largest absolute Gasteiger partial charge is 0.379 e. The smallest absolute Gasteiger partial charge is 0.194 e. The van der Waals surface area contributed by atoms with Crippen LogP contribution >= 0.6 is 11.3 Å². The van der Waals surface area contributed by atoms with Crippen LogP contribution in [0.3, 0.4) is 0 Å². The van der Waals surface area contributed by atoms with Gasteiger partial charge in [-0.1, -0.05) is 24.3 Å². The summed E-state index contributed by atoms with van der Waals surface area (Å²) in [6, 6.07) is 13.1. The van der Waals surface area contributed by atoms with Gasteiger partial charge in [0, 0.05) is 59.4 Å². The number of nitrogens with one attached hydrogen (secondary N) is 1.